The fraction of sp³-hybridized carbons (Fsp3) is 0.909. The number of hydrogen-bond acceptors (Lipinski definition) is 3. The molecule has 0 aromatic carbocycles. The van der Waals surface area contributed by atoms with Crippen LogP contribution in [-0.2, 0) is 4.79 Å². The number of aliphatic hydroxyl groups excluding tert-OH is 1. The second kappa shape index (κ2) is 4.41. The van der Waals surface area contributed by atoms with E-state index in [4.69, 9.17) is 0 Å². The molecule has 0 spiro atoms. The van der Waals surface area contributed by atoms with Gasteiger partial charge in [0.1, 0.15) is 5.78 Å². The Morgan fingerprint density at radius 2 is 1.93 bits per heavy atom. The largest absolute Gasteiger partial charge is 0.391 e. The van der Waals surface area contributed by atoms with Crippen LogP contribution in [0.1, 0.15) is 34.1 Å². The molecule has 82 valence electrons. The molecule has 0 heterocycles. The molecule has 3 nitrogen and oxygen atoms in total. The molecule has 0 aliphatic heterocycles. The monoisotopic (exact) mass is 199 g/mol. The third-order valence-corrected chi connectivity index (χ3v) is 2.80. The van der Waals surface area contributed by atoms with Crippen LogP contribution in [0.2, 0.25) is 0 Å². The molecule has 14 heavy (non-hydrogen) atoms. The lowest BCUT2D eigenvalue weighted by atomic mass is 9.71. The lowest BCUT2D eigenvalue weighted by Crippen LogP contribution is -2.60. The number of ketones is 1. The molecule has 1 aliphatic rings. The normalized spacial score (nSPS) is 32.1. The molecule has 1 aliphatic carbocycles. The summed E-state index contributed by atoms with van der Waals surface area (Å²) in [5.74, 6) is 0.366. The Balaban J connectivity index is 2.52. The third kappa shape index (κ3) is 2.34. The predicted molar refractivity (Wildman–Crippen MR) is 56.0 cm³/mol. The zero-order valence-corrected chi connectivity index (χ0v) is 9.45. The summed E-state index contributed by atoms with van der Waals surface area (Å²) in [6.07, 6.45) is 0.284. The van der Waals surface area contributed by atoms with Crippen molar-refractivity contribution in [3.63, 3.8) is 0 Å². The van der Waals surface area contributed by atoms with Crippen molar-refractivity contribution in [3.8, 4) is 0 Å². The van der Waals surface area contributed by atoms with Crippen LogP contribution in [0.4, 0.5) is 0 Å². The van der Waals surface area contributed by atoms with Crippen LogP contribution < -0.4 is 5.32 Å². The fourth-order valence-electron chi connectivity index (χ4n) is 1.96. The average Bonchev–Trinajstić information content (AvgIpc) is 2.09. The zero-order valence-electron chi connectivity index (χ0n) is 9.45. The first kappa shape index (κ1) is 11.7. The van der Waals surface area contributed by atoms with Gasteiger partial charge in [0.2, 0.25) is 0 Å². The van der Waals surface area contributed by atoms with Gasteiger partial charge in [-0.05, 0) is 6.42 Å². The van der Waals surface area contributed by atoms with E-state index in [-0.39, 0.29) is 29.8 Å². The van der Waals surface area contributed by atoms with Gasteiger partial charge in [0, 0.05) is 23.9 Å². The molecule has 0 bridgehead atoms. The Morgan fingerprint density at radius 1 is 1.36 bits per heavy atom. The maximum Gasteiger partial charge on any atom is 0.140 e. The molecule has 1 saturated carbocycles. The fourth-order valence-corrected chi connectivity index (χ4v) is 1.96. The van der Waals surface area contributed by atoms with Gasteiger partial charge in [-0.3, -0.25) is 4.79 Å². The topological polar surface area (TPSA) is 49.3 Å². The van der Waals surface area contributed by atoms with Crippen molar-refractivity contribution in [2.75, 3.05) is 0 Å². The van der Waals surface area contributed by atoms with E-state index < -0.39 is 0 Å². The third-order valence-electron chi connectivity index (χ3n) is 2.80. The summed E-state index contributed by atoms with van der Waals surface area (Å²) in [4.78, 5) is 11.7. The Morgan fingerprint density at radius 3 is 2.29 bits per heavy atom. The van der Waals surface area contributed by atoms with Gasteiger partial charge in [-0.1, -0.05) is 27.7 Å². The van der Waals surface area contributed by atoms with Gasteiger partial charge in [0.25, 0.3) is 0 Å². The van der Waals surface area contributed by atoms with Crippen molar-refractivity contribution < 1.29 is 9.90 Å². The van der Waals surface area contributed by atoms with E-state index in [1.54, 1.807) is 0 Å². The van der Waals surface area contributed by atoms with Crippen LogP contribution in [0.5, 0.6) is 0 Å². The zero-order chi connectivity index (χ0) is 10.9. The Kier molecular flexibility index (Phi) is 3.67. The van der Waals surface area contributed by atoms with E-state index in [1.807, 2.05) is 27.7 Å². The number of Topliss-reactive ketones (excluding diaryl/α,β-unsaturated/α-hetero) is 1. The highest BCUT2D eigenvalue weighted by atomic mass is 16.3. The second-order valence-electron chi connectivity index (χ2n) is 4.81. The van der Waals surface area contributed by atoms with Gasteiger partial charge in [-0.2, -0.15) is 0 Å². The first-order chi connectivity index (χ1) is 6.43. The van der Waals surface area contributed by atoms with E-state index in [0.717, 1.165) is 0 Å². The highest BCUT2D eigenvalue weighted by Gasteiger charge is 2.44. The lowest BCUT2D eigenvalue weighted by molar-refractivity contribution is -0.135. The smallest absolute Gasteiger partial charge is 0.140 e. The SMILES string of the molecule is CC(C)NC1C(O)CC1C(=O)C(C)C. The minimum Gasteiger partial charge on any atom is -0.391 e. The van der Waals surface area contributed by atoms with Crippen LogP contribution in [0.15, 0.2) is 0 Å². The van der Waals surface area contributed by atoms with E-state index in [0.29, 0.717) is 12.5 Å². The minimum absolute atomic E-state index is 0.0207. The first-order valence-corrected chi connectivity index (χ1v) is 5.41. The summed E-state index contributed by atoms with van der Waals surface area (Å²) in [6.45, 7) is 7.89. The maximum atomic E-state index is 11.7. The second-order valence-corrected chi connectivity index (χ2v) is 4.81. The number of rotatable bonds is 4. The lowest BCUT2D eigenvalue weighted by Gasteiger charge is -2.43. The van der Waals surface area contributed by atoms with Crippen LogP contribution in [-0.4, -0.2) is 29.1 Å². The highest BCUT2D eigenvalue weighted by molar-refractivity contribution is 5.84. The average molecular weight is 199 g/mol. The molecule has 0 radical (unpaired) electrons. The number of nitrogens with one attached hydrogen (secondary N) is 1. The van der Waals surface area contributed by atoms with E-state index >= 15 is 0 Å². The van der Waals surface area contributed by atoms with E-state index in [2.05, 4.69) is 5.32 Å². The van der Waals surface area contributed by atoms with Gasteiger partial charge in [-0.15, -0.1) is 0 Å². The van der Waals surface area contributed by atoms with Gasteiger partial charge < -0.3 is 10.4 Å². The van der Waals surface area contributed by atoms with Crippen molar-refractivity contribution >= 4 is 5.78 Å². The Labute approximate surface area is 85.9 Å². The number of carbonyl (C=O) groups excluding carboxylic acids is 1. The Hall–Kier alpha value is -0.410. The van der Waals surface area contributed by atoms with Crippen LogP contribution in [0, 0.1) is 11.8 Å². The molecule has 1 rings (SSSR count). The predicted octanol–water partition coefficient (Wildman–Crippen LogP) is 0.959. The van der Waals surface area contributed by atoms with Gasteiger partial charge in [0.05, 0.1) is 6.10 Å². The number of aliphatic hydroxyl groups is 1. The van der Waals surface area contributed by atoms with Gasteiger partial charge in [0.15, 0.2) is 0 Å². The maximum absolute atomic E-state index is 11.7. The molecule has 3 unspecified atom stereocenters. The summed E-state index contributed by atoms with van der Waals surface area (Å²) < 4.78 is 0. The molecular formula is C11H21NO2. The summed E-state index contributed by atoms with van der Waals surface area (Å²) in [6, 6.07) is 0.294. The van der Waals surface area contributed by atoms with E-state index in [9.17, 15) is 9.90 Å². The van der Waals surface area contributed by atoms with Crippen molar-refractivity contribution in [2.24, 2.45) is 11.8 Å². The van der Waals surface area contributed by atoms with Crippen molar-refractivity contribution in [1.82, 2.24) is 5.32 Å². The summed E-state index contributed by atoms with van der Waals surface area (Å²) in [5.41, 5.74) is 0. The molecular weight excluding hydrogens is 178 g/mol. The quantitative estimate of drug-likeness (QED) is 0.709. The van der Waals surface area contributed by atoms with Gasteiger partial charge >= 0.3 is 0 Å². The molecule has 0 saturated heterocycles. The van der Waals surface area contributed by atoms with Crippen molar-refractivity contribution in [3.05, 3.63) is 0 Å². The minimum atomic E-state index is -0.343. The van der Waals surface area contributed by atoms with Crippen LogP contribution >= 0.6 is 0 Å². The summed E-state index contributed by atoms with van der Waals surface area (Å²) in [5, 5.41) is 12.8. The molecule has 1 fully saturated rings. The Bertz CT molecular complexity index is 213. The van der Waals surface area contributed by atoms with Crippen molar-refractivity contribution in [2.45, 2.75) is 52.3 Å². The molecule has 0 amide bonds. The standard InChI is InChI=1S/C11H21NO2/c1-6(2)11(14)8-5-9(13)10(8)12-7(3)4/h6-10,12-13H,5H2,1-4H3. The molecule has 3 heteroatoms. The van der Waals surface area contributed by atoms with Crippen LogP contribution in [0.3, 0.4) is 0 Å². The van der Waals surface area contributed by atoms with Crippen molar-refractivity contribution in [1.29, 1.82) is 0 Å². The van der Waals surface area contributed by atoms with Gasteiger partial charge in [-0.25, -0.2) is 0 Å². The molecule has 0 aromatic heterocycles. The molecule has 0 aromatic rings. The summed E-state index contributed by atoms with van der Waals surface area (Å²) in [7, 11) is 0. The molecule has 2 N–H and O–H groups in total. The number of carbonyl (C=O) groups is 1. The van der Waals surface area contributed by atoms with E-state index in [1.165, 1.54) is 0 Å². The molecule has 3 atom stereocenters. The highest BCUT2D eigenvalue weighted by Crippen LogP contribution is 2.31. The summed E-state index contributed by atoms with van der Waals surface area (Å²) >= 11 is 0. The van der Waals surface area contributed by atoms with Crippen LogP contribution in [0.25, 0.3) is 0 Å². The number of hydrogen-bond donors (Lipinski definition) is 2. The first-order valence-electron chi connectivity index (χ1n) is 5.41.